The van der Waals surface area contributed by atoms with Crippen molar-refractivity contribution in [3.8, 4) is 11.5 Å². The van der Waals surface area contributed by atoms with E-state index in [1.807, 2.05) is 79.6 Å². The standard InChI is InChI=1S/C30H35N3O5S/c1-6-19(3)31-26(34)16-23-18-39-30-32-20(4)27(29(35)37-7-2)28(33(23)30)22-13-14-24(25(15-22)36-5)38-17-21-11-9-8-10-12-21/h8-15,18-19,28H,6-7,16-17H2,1-5H3,(H,31,34). The second-order valence-corrected chi connectivity index (χ2v) is 10.2. The summed E-state index contributed by atoms with van der Waals surface area (Å²) in [5.74, 6) is 0.613. The second kappa shape index (κ2) is 12.9. The average Bonchev–Trinajstić information content (AvgIpc) is 3.33. The van der Waals surface area contributed by atoms with E-state index < -0.39 is 12.0 Å². The van der Waals surface area contributed by atoms with Gasteiger partial charge in [0.25, 0.3) is 0 Å². The first kappa shape index (κ1) is 28.3. The number of amidine groups is 1. The van der Waals surface area contributed by atoms with E-state index in [1.165, 1.54) is 11.8 Å². The van der Waals surface area contributed by atoms with Crippen LogP contribution >= 0.6 is 11.8 Å². The number of esters is 1. The molecule has 2 aromatic carbocycles. The highest BCUT2D eigenvalue weighted by Gasteiger charge is 2.41. The number of thioether (sulfide) groups is 1. The summed E-state index contributed by atoms with van der Waals surface area (Å²) in [5, 5.41) is 5.66. The Kier molecular flexibility index (Phi) is 9.35. The van der Waals surface area contributed by atoms with Crippen molar-refractivity contribution in [2.24, 2.45) is 4.99 Å². The predicted molar refractivity (Wildman–Crippen MR) is 153 cm³/mol. The molecule has 206 valence electrons. The maximum absolute atomic E-state index is 13.2. The number of ether oxygens (including phenoxy) is 3. The Labute approximate surface area is 234 Å². The van der Waals surface area contributed by atoms with Crippen molar-refractivity contribution in [1.29, 1.82) is 0 Å². The molecule has 39 heavy (non-hydrogen) atoms. The van der Waals surface area contributed by atoms with Gasteiger partial charge in [-0.05, 0) is 55.9 Å². The van der Waals surface area contributed by atoms with E-state index in [9.17, 15) is 9.59 Å². The number of methoxy groups -OCH3 is 1. The minimum absolute atomic E-state index is 0.0716. The van der Waals surface area contributed by atoms with Crippen molar-refractivity contribution in [3.63, 3.8) is 0 Å². The Bertz CT molecular complexity index is 1300. The van der Waals surface area contributed by atoms with Crippen LogP contribution in [0, 0.1) is 0 Å². The third-order valence-electron chi connectivity index (χ3n) is 6.60. The highest BCUT2D eigenvalue weighted by atomic mass is 32.2. The Hall–Kier alpha value is -3.72. The number of fused-ring (bicyclic) bond motifs is 1. The molecule has 0 bridgehead atoms. The molecule has 0 saturated heterocycles. The fraction of sp³-hybridized carbons (Fsp3) is 0.367. The van der Waals surface area contributed by atoms with Gasteiger partial charge in [-0.25, -0.2) is 9.79 Å². The molecule has 0 radical (unpaired) electrons. The van der Waals surface area contributed by atoms with E-state index in [2.05, 4.69) is 5.32 Å². The van der Waals surface area contributed by atoms with Gasteiger partial charge >= 0.3 is 5.97 Å². The van der Waals surface area contributed by atoms with Crippen LogP contribution in [0.15, 0.2) is 75.9 Å². The number of hydrogen-bond acceptors (Lipinski definition) is 8. The monoisotopic (exact) mass is 549 g/mol. The average molecular weight is 550 g/mol. The van der Waals surface area contributed by atoms with E-state index in [4.69, 9.17) is 19.2 Å². The number of benzene rings is 2. The topological polar surface area (TPSA) is 89.5 Å². The van der Waals surface area contributed by atoms with Gasteiger partial charge in [0.15, 0.2) is 16.7 Å². The first-order valence-electron chi connectivity index (χ1n) is 13.1. The zero-order valence-corrected chi connectivity index (χ0v) is 23.8. The number of nitrogens with zero attached hydrogens (tertiary/aromatic N) is 2. The molecule has 2 unspecified atom stereocenters. The molecular formula is C30H35N3O5S. The fourth-order valence-electron chi connectivity index (χ4n) is 4.46. The van der Waals surface area contributed by atoms with Crippen LogP contribution in [0.5, 0.6) is 11.5 Å². The number of allylic oxidation sites excluding steroid dienone is 1. The van der Waals surface area contributed by atoms with Gasteiger partial charge in [0.05, 0.1) is 37.4 Å². The number of carbonyl (C=O) groups is 2. The van der Waals surface area contributed by atoms with Gasteiger partial charge in [-0.15, -0.1) is 0 Å². The number of hydrogen-bond donors (Lipinski definition) is 1. The molecule has 0 fully saturated rings. The fourth-order valence-corrected chi connectivity index (χ4v) is 5.42. The molecule has 1 amide bonds. The Morgan fingerprint density at radius 2 is 1.90 bits per heavy atom. The summed E-state index contributed by atoms with van der Waals surface area (Å²) in [5.41, 5.74) is 3.61. The molecule has 0 aliphatic carbocycles. The maximum Gasteiger partial charge on any atom is 0.338 e. The first-order valence-corrected chi connectivity index (χ1v) is 14.0. The maximum atomic E-state index is 13.2. The summed E-state index contributed by atoms with van der Waals surface area (Å²) in [7, 11) is 1.59. The van der Waals surface area contributed by atoms with Gasteiger partial charge in [0.1, 0.15) is 6.61 Å². The molecular weight excluding hydrogens is 514 g/mol. The molecule has 2 atom stereocenters. The number of carbonyl (C=O) groups excluding carboxylic acids is 2. The Morgan fingerprint density at radius 3 is 2.59 bits per heavy atom. The summed E-state index contributed by atoms with van der Waals surface area (Å²) in [6.45, 7) is 8.23. The molecule has 2 aromatic rings. The summed E-state index contributed by atoms with van der Waals surface area (Å²) < 4.78 is 17.2. The van der Waals surface area contributed by atoms with Gasteiger partial charge in [0.2, 0.25) is 5.91 Å². The van der Waals surface area contributed by atoms with Crippen molar-refractivity contribution >= 4 is 28.8 Å². The van der Waals surface area contributed by atoms with Gasteiger partial charge in [-0.1, -0.05) is 55.1 Å². The molecule has 0 aromatic heterocycles. The van der Waals surface area contributed by atoms with E-state index in [0.29, 0.717) is 34.5 Å². The highest BCUT2D eigenvalue weighted by Crippen LogP contribution is 2.46. The van der Waals surface area contributed by atoms with Crippen molar-refractivity contribution < 1.29 is 23.8 Å². The molecule has 2 heterocycles. The molecule has 0 saturated carbocycles. The van der Waals surface area contributed by atoms with Crippen LogP contribution in [-0.4, -0.2) is 41.7 Å². The van der Waals surface area contributed by atoms with Gasteiger partial charge in [-0.3, -0.25) is 4.79 Å². The smallest absolute Gasteiger partial charge is 0.338 e. The molecule has 2 aliphatic rings. The highest BCUT2D eigenvalue weighted by molar-refractivity contribution is 8.16. The lowest BCUT2D eigenvalue weighted by Gasteiger charge is -2.36. The summed E-state index contributed by atoms with van der Waals surface area (Å²) >= 11 is 1.44. The number of amides is 1. The van der Waals surface area contributed by atoms with Crippen molar-refractivity contribution in [2.75, 3.05) is 13.7 Å². The van der Waals surface area contributed by atoms with E-state index >= 15 is 0 Å². The molecule has 8 nitrogen and oxygen atoms in total. The lowest BCUT2D eigenvalue weighted by molar-refractivity contribution is -0.139. The third-order valence-corrected chi connectivity index (χ3v) is 7.49. The van der Waals surface area contributed by atoms with Gasteiger partial charge < -0.3 is 24.4 Å². The molecule has 4 rings (SSSR count). The minimum Gasteiger partial charge on any atom is -0.493 e. The number of rotatable bonds is 11. The summed E-state index contributed by atoms with van der Waals surface area (Å²) in [6, 6.07) is 15.1. The van der Waals surface area contributed by atoms with Crippen LogP contribution in [-0.2, 0) is 20.9 Å². The van der Waals surface area contributed by atoms with E-state index in [0.717, 1.165) is 23.2 Å². The Balaban J connectivity index is 1.69. The normalized spacial score (nSPS) is 17.2. The lowest BCUT2D eigenvalue weighted by atomic mass is 9.93. The zero-order valence-electron chi connectivity index (χ0n) is 23.0. The van der Waals surface area contributed by atoms with Crippen molar-refractivity contribution in [1.82, 2.24) is 10.2 Å². The van der Waals surface area contributed by atoms with Crippen LogP contribution in [0.3, 0.4) is 0 Å². The SMILES string of the molecule is CCOC(=O)C1=C(C)N=C2SC=C(CC(=O)NC(C)CC)N2C1c1ccc(OCc2ccccc2)c(OC)c1. The second-order valence-electron chi connectivity index (χ2n) is 9.35. The van der Waals surface area contributed by atoms with Crippen LogP contribution in [0.2, 0.25) is 0 Å². The van der Waals surface area contributed by atoms with Crippen LogP contribution < -0.4 is 14.8 Å². The molecule has 0 spiro atoms. The third kappa shape index (κ3) is 6.47. The van der Waals surface area contributed by atoms with Gasteiger partial charge in [-0.2, -0.15) is 0 Å². The largest absolute Gasteiger partial charge is 0.493 e. The first-order chi connectivity index (χ1) is 18.9. The predicted octanol–water partition coefficient (Wildman–Crippen LogP) is 5.72. The van der Waals surface area contributed by atoms with Crippen molar-refractivity contribution in [2.45, 2.75) is 59.2 Å². The van der Waals surface area contributed by atoms with E-state index in [1.54, 1.807) is 14.0 Å². The van der Waals surface area contributed by atoms with Crippen LogP contribution in [0.1, 0.15) is 57.7 Å². The quantitative estimate of drug-likeness (QED) is 0.359. The van der Waals surface area contributed by atoms with Crippen molar-refractivity contribution in [3.05, 3.63) is 82.0 Å². The number of aliphatic imine (C=N–C) groups is 1. The number of nitrogens with one attached hydrogen (secondary N) is 1. The minimum atomic E-state index is -0.550. The lowest BCUT2D eigenvalue weighted by Crippen LogP contribution is -2.39. The van der Waals surface area contributed by atoms with Crippen LogP contribution in [0.25, 0.3) is 0 Å². The zero-order chi connectivity index (χ0) is 27.9. The van der Waals surface area contributed by atoms with E-state index in [-0.39, 0.29) is 25.0 Å². The molecule has 2 aliphatic heterocycles. The Morgan fingerprint density at radius 1 is 1.13 bits per heavy atom. The summed E-state index contributed by atoms with van der Waals surface area (Å²) in [4.78, 5) is 32.7. The molecule has 9 heteroatoms. The van der Waals surface area contributed by atoms with Crippen LogP contribution in [0.4, 0.5) is 0 Å². The summed E-state index contributed by atoms with van der Waals surface area (Å²) in [6.07, 6.45) is 1.00. The van der Waals surface area contributed by atoms with Gasteiger partial charge in [0, 0.05) is 11.7 Å². The molecule has 1 N–H and O–H groups in total.